The molecule has 0 fully saturated rings. The van der Waals surface area contributed by atoms with E-state index in [4.69, 9.17) is 11.6 Å². The molecule has 0 unspecified atom stereocenters. The second kappa shape index (κ2) is 13.5. The minimum absolute atomic E-state index is 0. The Labute approximate surface area is 340 Å². The predicted molar refractivity (Wildman–Crippen MR) is 148 cm³/mol. The molecule has 0 amide bonds. The van der Waals surface area contributed by atoms with Gasteiger partial charge in [-0.3, -0.25) is 19.2 Å². The molecule has 4 aromatic carbocycles. The third-order valence-electron chi connectivity index (χ3n) is 6.77. The number of benzene rings is 4. The summed E-state index contributed by atoms with van der Waals surface area (Å²) >= 11 is 7.95. The molecular formula is C28H11ClK2N4O6S2. The van der Waals surface area contributed by atoms with Gasteiger partial charge in [-0.1, -0.05) is 71.9 Å². The Bertz CT molecular complexity index is 2000. The van der Waals surface area contributed by atoms with Gasteiger partial charge in [-0.2, -0.15) is 17.5 Å². The van der Waals surface area contributed by atoms with Crippen LogP contribution in [-0.2, 0) is 0 Å². The van der Waals surface area contributed by atoms with Crippen LogP contribution in [0.4, 0.5) is 0 Å². The van der Waals surface area contributed by atoms with Crippen LogP contribution < -0.4 is 108 Å². The molecular weight excluding hydrogens is 666 g/mol. The van der Waals surface area contributed by atoms with Crippen molar-refractivity contribution in [3.63, 3.8) is 0 Å². The molecule has 2 aliphatic carbocycles. The predicted octanol–water partition coefficient (Wildman–Crippen LogP) is -1.51. The number of nitrogens with zero attached hydrogens (tertiary/aromatic N) is 4. The van der Waals surface area contributed by atoms with E-state index in [1.165, 1.54) is 12.1 Å². The maximum Gasteiger partial charge on any atom is 1.00 e. The molecule has 1 N–H and O–H groups in total. The summed E-state index contributed by atoms with van der Waals surface area (Å²) < 4.78 is 16.1. The van der Waals surface area contributed by atoms with Crippen molar-refractivity contribution in [3.8, 4) is 5.75 Å². The molecule has 0 spiro atoms. The molecule has 0 radical (unpaired) electrons. The third kappa shape index (κ3) is 5.50. The zero-order valence-electron chi connectivity index (χ0n) is 22.2. The Hall–Kier alpha value is -1.48. The molecule has 15 heteroatoms. The van der Waals surface area contributed by atoms with E-state index in [-0.39, 0.29) is 159 Å². The van der Waals surface area contributed by atoms with Crippen LogP contribution in [0, 0.1) is 0 Å². The SMILES string of the molecule is O=C1c2ccccc2C(=O)c2c1cc(Cl)c1nsnc21.O=C1c2ccccc2C(=O)c2c1cc([O-])c1nsnc21.[K+].[K+].[OH-]. The van der Waals surface area contributed by atoms with Gasteiger partial charge in [-0.15, -0.1) is 0 Å². The summed E-state index contributed by atoms with van der Waals surface area (Å²) in [6.45, 7) is 0. The van der Waals surface area contributed by atoms with Crippen LogP contribution in [0.5, 0.6) is 5.75 Å². The number of halogens is 1. The summed E-state index contributed by atoms with van der Waals surface area (Å²) in [5.74, 6) is -1.39. The normalized spacial score (nSPS) is 12.5. The summed E-state index contributed by atoms with van der Waals surface area (Å²) in [5, 5.41) is 12.3. The van der Waals surface area contributed by atoms with Crippen molar-refractivity contribution >= 4 is 80.3 Å². The second-order valence-corrected chi connectivity index (χ2v) is 10.4. The van der Waals surface area contributed by atoms with Gasteiger partial charge in [0.15, 0.2) is 23.1 Å². The number of ketones is 4. The van der Waals surface area contributed by atoms with Gasteiger partial charge in [-0.05, 0) is 6.07 Å². The fourth-order valence-corrected chi connectivity index (χ4v) is 6.37. The summed E-state index contributed by atoms with van der Waals surface area (Å²) in [7, 11) is 0. The van der Waals surface area contributed by atoms with Crippen LogP contribution in [0.1, 0.15) is 63.7 Å². The first-order chi connectivity index (χ1) is 19.4. The molecule has 0 saturated heterocycles. The molecule has 2 aromatic heterocycles. The fourth-order valence-electron chi connectivity index (χ4n) is 4.95. The number of fused-ring (bicyclic) bond motifs is 8. The van der Waals surface area contributed by atoms with Crippen LogP contribution in [0.3, 0.4) is 0 Å². The Morgan fingerprint density at radius 1 is 0.535 bits per heavy atom. The van der Waals surface area contributed by atoms with Crippen LogP contribution in [0.25, 0.3) is 22.1 Å². The van der Waals surface area contributed by atoms with Gasteiger partial charge < -0.3 is 10.6 Å². The Morgan fingerprint density at radius 3 is 1.40 bits per heavy atom. The van der Waals surface area contributed by atoms with Crippen molar-refractivity contribution in [1.82, 2.24) is 17.5 Å². The average Bonchev–Trinajstić information content (AvgIpc) is 3.66. The fraction of sp³-hybridized carbons (Fsp3) is 0. The molecule has 2 aliphatic rings. The largest absolute Gasteiger partial charge is 1.00 e. The molecule has 8 rings (SSSR count). The first-order valence-electron chi connectivity index (χ1n) is 11.6. The van der Waals surface area contributed by atoms with Crippen molar-refractivity contribution in [2.45, 2.75) is 0 Å². The van der Waals surface area contributed by atoms with E-state index in [1.807, 2.05) is 0 Å². The van der Waals surface area contributed by atoms with Gasteiger partial charge in [0, 0.05) is 33.4 Å². The smallest absolute Gasteiger partial charge is 0.871 e. The van der Waals surface area contributed by atoms with Crippen LogP contribution >= 0.6 is 35.1 Å². The Balaban J connectivity index is 0.000000184. The molecule has 0 bridgehead atoms. The second-order valence-electron chi connectivity index (χ2n) is 8.91. The van der Waals surface area contributed by atoms with E-state index in [0.29, 0.717) is 49.4 Å². The van der Waals surface area contributed by atoms with Crippen LogP contribution in [0.2, 0.25) is 5.02 Å². The number of hydrogen-bond donors (Lipinski definition) is 0. The van der Waals surface area contributed by atoms with Crippen molar-refractivity contribution in [2.75, 3.05) is 0 Å². The van der Waals surface area contributed by atoms with Crippen LogP contribution in [-0.4, -0.2) is 46.1 Å². The van der Waals surface area contributed by atoms with E-state index in [1.54, 1.807) is 48.5 Å². The van der Waals surface area contributed by atoms with Crippen molar-refractivity contribution in [2.24, 2.45) is 0 Å². The van der Waals surface area contributed by atoms with E-state index in [0.717, 1.165) is 23.5 Å². The maximum absolute atomic E-state index is 12.6. The topological polar surface area (TPSA) is 173 Å². The van der Waals surface area contributed by atoms with E-state index in [2.05, 4.69) is 17.5 Å². The molecule has 6 aromatic rings. The number of carbonyl (C=O) groups excluding carboxylic acids is 4. The minimum atomic E-state index is -0.381. The van der Waals surface area contributed by atoms with Gasteiger partial charge in [0.1, 0.15) is 16.6 Å². The third-order valence-corrected chi connectivity index (χ3v) is 8.12. The number of hydrogen-bond acceptors (Lipinski definition) is 12. The van der Waals surface area contributed by atoms with Gasteiger partial charge in [0.25, 0.3) is 0 Å². The quantitative estimate of drug-likeness (QED) is 0.172. The van der Waals surface area contributed by atoms with Crippen molar-refractivity contribution < 1.29 is 133 Å². The average molecular weight is 677 g/mol. The molecule has 2 heterocycles. The molecule has 0 atom stereocenters. The standard InChI is InChI=1S/C14H5ClN2O2S.C14H6N2O3S.2K.H2O/c15-9-5-8-10(12-11(9)16-20-17-12)14(19)7-4-2-1-3-6(7)13(8)18;17-9-5-8-10(12-11(9)15-20-16-12)14(19)7-4-2-1-3-6(7)13(8)18;;;/h1-5H;1-5,17H;;;1H2/q;;2*+1;/p-2. The summed E-state index contributed by atoms with van der Waals surface area (Å²) in [5.41, 5.74) is 3.66. The number of aromatic nitrogens is 4. The molecule has 43 heavy (non-hydrogen) atoms. The Kier molecular flexibility index (Phi) is 10.8. The molecule has 0 aliphatic heterocycles. The molecule has 200 valence electrons. The summed E-state index contributed by atoms with van der Waals surface area (Å²) in [6, 6.07) is 16.1. The monoisotopic (exact) mass is 676 g/mol. The van der Waals surface area contributed by atoms with Gasteiger partial charge in [0.05, 0.1) is 45.1 Å². The van der Waals surface area contributed by atoms with Crippen LogP contribution in [0.15, 0.2) is 60.7 Å². The first kappa shape index (κ1) is 34.4. The van der Waals surface area contributed by atoms with E-state index < -0.39 is 0 Å². The van der Waals surface area contributed by atoms with Gasteiger partial charge in [-0.25, -0.2) is 0 Å². The van der Waals surface area contributed by atoms with E-state index in [9.17, 15) is 24.3 Å². The van der Waals surface area contributed by atoms with Gasteiger partial charge in [0.2, 0.25) is 0 Å². The van der Waals surface area contributed by atoms with Crippen molar-refractivity contribution in [1.29, 1.82) is 0 Å². The zero-order valence-corrected chi connectivity index (χ0v) is 30.9. The Morgan fingerprint density at radius 2 is 0.907 bits per heavy atom. The molecule has 10 nitrogen and oxygen atoms in total. The molecule has 0 saturated carbocycles. The van der Waals surface area contributed by atoms with Crippen molar-refractivity contribution in [3.05, 3.63) is 110 Å². The number of rotatable bonds is 0. The maximum atomic E-state index is 12.6. The first-order valence-corrected chi connectivity index (χ1v) is 13.5. The zero-order chi connectivity index (χ0) is 27.7. The minimum Gasteiger partial charge on any atom is -0.871 e. The summed E-state index contributed by atoms with van der Waals surface area (Å²) in [6.07, 6.45) is 0. The van der Waals surface area contributed by atoms with Gasteiger partial charge >= 0.3 is 103 Å². The summed E-state index contributed by atoms with van der Waals surface area (Å²) in [4.78, 5) is 50.1. The van der Waals surface area contributed by atoms with E-state index >= 15 is 0 Å². The number of carbonyl (C=O) groups is 4.